The van der Waals surface area contributed by atoms with Crippen LogP contribution in [0.25, 0.3) is 0 Å². The highest BCUT2D eigenvalue weighted by atomic mass is 16.5. The molecule has 0 aliphatic rings. The Morgan fingerprint density at radius 1 is 1.38 bits per heavy atom. The molecule has 76 valence electrons. The fraction of sp³-hybridized carbons (Fsp3) is 0.429. The number of hydrogen-bond donors (Lipinski definition) is 6. The van der Waals surface area contributed by atoms with E-state index in [1.165, 1.54) is 6.08 Å². The molecule has 6 N–H and O–H groups in total. The van der Waals surface area contributed by atoms with Crippen LogP contribution in [-0.2, 0) is 0 Å². The molecule has 0 heterocycles. The monoisotopic (exact) mass is 189 g/mol. The SMILES string of the molecule is C=CC=C(CC(CNO)NO)NO. The molecule has 0 aromatic carbocycles. The first-order chi connectivity index (χ1) is 6.28. The Bertz CT molecular complexity index is 172. The summed E-state index contributed by atoms with van der Waals surface area (Å²) in [5, 5.41) is 25.6. The Morgan fingerprint density at radius 2 is 2.08 bits per heavy atom. The van der Waals surface area contributed by atoms with E-state index in [4.69, 9.17) is 15.6 Å². The largest absolute Gasteiger partial charge is 0.317 e. The smallest absolute Gasteiger partial charge is 0.0522 e. The molecule has 0 aromatic heterocycles. The van der Waals surface area contributed by atoms with E-state index in [0.29, 0.717) is 12.1 Å². The van der Waals surface area contributed by atoms with Gasteiger partial charge in [0, 0.05) is 18.7 Å². The lowest BCUT2D eigenvalue weighted by molar-refractivity contribution is 0.0846. The standard InChI is InChI=1S/C7H15N3O3/c1-2-3-6(9-12)4-7(10-13)5-8-11/h2-3,7-13H,1,4-5H2. The highest BCUT2D eigenvalue weighted by Gasteiger charge is 2.08. The van der Waals surface area contributed by atoms with Crippen molar-refractivity contribution in [2.75, 3.05) is 6.54 Å². The minimum absolute atomic E-state index is 0.159. The van der Waals surface area contributed by atoms with Crippen molar-refractivity contribution in [1.29, 1.82) is 0 Å². The summed E-state index contributed by atoms with van der Waals surface area (Å²) in [6, 6.07) is -0.393. The van der Waals surface area contributed by atoms with Gasteiger partial charge in [0.1, 0.15) is 0 Å². The quantitative estimate of drug-likeness (QED) is 0.244. The van der Waals surface area contributed by atoms with Crippen molar-refractivity contribution in [3.63, 3.8) is 0 Å². The first-order valence-electron chi connectivity index (χ1n) is 3.76. The third-order valence-electron chi connectivity index (χ3n) is 1.45. The summed E-state index contributed by atoms with van der Waals surface area (Å²) in [5.74, 6) is 0. The van der Waals surface area contributed by atoms with Crippen LogP contribution in [0.5, 0.6) is 0 Å². The van der Waals surface area contributed by atoms with Crippen molar-refractivity contribution in [2.24, 2.45) is 0 Å². The minimum atomic E-state index is -0.393. The van der Waals surface area contributed by atoms with E-state index in [0.717, 1.165) is 0 Å². The van der Waals surface area contributed by atoms with Gasteiger partial charge in [-0.15, -0.1) is 0 Å². The molecule has 6 heteroatoms. The summed E-state index contributed by atoms with van der Waals surface area (Å²) >= 11 is 0. The van der Waals surface area contributed by atoms with Gasteiger partial charge in [-0.05, 0) is 6.08 Å². The zero-order chi connectivity index (χ0) is 10.1. The molecule has 0 rings (SSSR count). The van der Waals surface area contributed by atoms with Crippen molar-refractivity contribution < 1.29 is 15.6 Å². The Balaban J connectivity index is 4.02. The Labute approximate surface area is 76.4 Å². The van der Waals surface area contributed by atoms with Crippen molar-refractivity contribution >= 4 is 0 Å². The number of hydrogen-bond acceptors (Lipinski definition) is 6. The molecule has 1 unspecified atom stereocenters. The van der Waals surface area contributed by atoms with Crippen LogP contribution in [0.15, 0.2) is 24.4 Å². The zero-order valence-corrected chi connectivity index (χ0v) is 7.20. The van der Waals surface area contributed by atoms with Gasteiger partial charge in [-0.2, -0.15) is 0 Å². The van der Waals surface area contributed by atoms with E-state index in [9.17, 15) is 0 Å². The van der Waals surface area contributed by atoms with Gasteiger partial charge in [-0.3, -0.25) is 10.7 Å². The number of rotatable bonds is 7. The molecule has 0 saturated carbocycles. The average Bonchev–Trinajstić information content (AvgIpc) is 2.16. The van der Waals surface area contributed by atoms with E-state index in [2.05, 4.69) is 6.58 Å². The van der Waals surface area contributed by atoms with Crippen LogP contribution in [0.4, 0.5) is 0 Å². The topological polar surface area (TPSA) is 96.8 Å². The molecule has 0 bridgehead atoms. The van der Waals surface area contributed by atoms with E-state index in [1.54, 1.807) is 6.08 Å². The molecule has 0 aliphatic heterocycles. The predicted octanol–water partition coefficient (Wildman–Crippen LogP) is -0.249. The lowest BCUT2D eigenvalue weighted by Crippen LogP contribution is -2.37. The second-order valence-electron chi connectivity index (χ2n) is 2.43. The number of hydroxylamine groups is 3. The van der Waals surface area contributed by atoms with Gasteiger partial charge in [0.05, 0.1) is 6.04 Å². The molecule has 0 saturated heterocycles. The minimum Gasteiger partial charge on any atom is -0.317 e. The summed E-state index contributed by atoms with van der Waals surface area (Å²) in [6.45, 7) is 3.61. The van der Waals surface area contributed by atoms with E-state index >= 15 is 0 Å². The van der Waals surface area contributed by atoms with Crippen molar-refractivity contribution in [1.82, 2.24) is 16.4 Å². The van der Waals surface area contributed by atoms with Gasteiger partial charge in [-0.1, -0.05) is 12.7 Å². The Morgan fingerprint density at radius 3 is 2.46 bits per heavy atom. The summed E-state index contributed by atoms with van der Waals surface area (Å²) < 4.78 is 0. The van der Waals surface area contributed by atoms with Crippen LogP contribution in [-0.4, -0.2) is 28.2 Å². The average molecular weight is 189 g/mol. The van der Waals surface area contributed by atoms with Crippen LogP contribution >= 0.6 is 0 Å². The molecule has 13 heavy (non-hydrogen) atoms. The fourth-order valence-electron chi connectivity index (χ4n) is 0.832. The summed E-state index contributed by atoms with van der Waals surface area (Å²) in [6.07, 6.45) is 3.38. The van der Waals surface area contributed by atoms with Crippen molar-refractivity contribution in [3.05, 3.63) is 24.4 Å². The maximum atomic E-state index is 8.61. The van der Waals surface area contributed by atoms with Crippen LogP contribution < -0.4 is 16.4 Å². The molecule has 0 fully saturated rings. The molecule has 6 nitrogen and oxygen atoms in total. The third kappa shape index (κ3) is 5.34. The first kappa shape index (κ1) is 12.1. The van der Waals surface area contributed by atoms with Gasteiger partial charge < -0.3 is 10.4 Å². The van der Waals surface area contributed by atoms with Crippen LogP contribution in [0.3, 0.4) is 0 Å². The second-order valence-corrected chi connectivity index (χ2v) is 2.43. The van der Waals surface area contributed by atoms with E-state index < -0.39 is 6.04 Å². The molecular weight excluding hydrogens is 174 g/mol. The lowest BCUT2D eigenvalue weighted by Gasteiger charge is -2.14. The van der Waals surface area contributed by atoms with Crippen LogP contribution in [0, 0.1) is 0 Å². The Hall–Kier alpha value is -0.920. The molecular formula is C7H15N3O3. The van der Waals surface area contributed by atoms with Gasteiger partial charge in [-0.25, -0.2) is 11.0 Å². The van der Waals surface area contributed by atoms with Crippen LogP contribution in [0.1, 0.15) is 6.42 Å². The highest BCUT2D eigenvalue weighted by molar-refractivity contribution is 5.08. The third-order valence-corrected chi connectivity index (χ3v) is 1.45. The molecule has 0 aliphatic carbocycles. The van der Waals surface area contributed by atoms with E-state index in [1.807, 2.05) is 16.4 Å². The highest BCUT2D eigenvalue weighted by Crippen LogP contribution is 2.00. The van der Waals surface area contributed by atoms with Gasteiger partial charge in [0.15, 0.2) is 0 Å². The lowest BCUT2D eigenvalue weighted by atomic mass is 10.1. The predicted molar refractivity (Wildman–Crippen MR) is 46.3 cm³/mol. The zero-order valence-electron chi connectivity index (χ0n) is 7.20. The summed E-state index contributed by atoms with van der Waals surface area (Å²) in [4.78, 5) is 0. The Kier molecular flexibility index (Phi) is 7.17. The van der Waals surface area contributed by atoms with Gasteiger partial charge in [0.25, 0.3) is 0 Å². The van der Waals surface area contributed by atoms with Crippen molar-refractivity contribution in [3.8, 4) is 0 Å². The fourth-order valence-corrected chi connectivity index (χ4v) is 0.832. The van der Waals surface area contributed by atoms with Crippen LogP contribution in [0.2, 0.25) is 0 Å². The summed E-state index contributed by atoms with van der Waals surface area (Å²) in [5.41, 5.74) is 6.32. The van der Waals surface area contributed by atoms with Gasteiger partial charge >= 0.3 is 0 Å². The maximum Gasteiger partial charge on any atom is 0.0522 e. The number of allylic oxidation sites excluding steroid dienone is 2. The second kappa shape index (κ2) is 7.71. The molecule has 0 amide bonds. The molecule has 0 aromatic rings. The summed E-state index contributed by atoms with van der Waals surface area (Å²) in [7, 11) is 0. The molecule has 1 atom stereocenters. The maximum absolute atomic E-state index is 8.61. The van der Waals surface area contributed by atoms with Crippen molar-refractivity contribution in [2.45, 2.75) is 12.5 Å². The van der Waals surface area contributed by atoms with Gasteiger partial charge in [0.2, 0.25) is 0 Å². The molecule has 0 spiro atoms. The first-order valence-corrected chi connectivity index (χ1v) is 3.76. The van der Waals surface area contributed by atoms with E-state index in [-0.39, 0.29) is 6.54 Å². The number of nitrogens with one attached hydrogen (secondary N) is 3. The normalized spacial score (nSPS) is 13.9. The molecule has 0 radical (unpaired) electrons.